The van der Waals surface area contributed by atoms with Crippen LogP contribution in [0.4, 0.5) is 10.2 Å². The van der Waals surface area contributed by atoms with E-state index in [2.05, 4.69) is 20.6 Å². The van der Waals surface area contributed by atoms with Crippen LogP contribution in [0.1, 0.15) is 24.4 Å². The number of nitrogens with zero attached hydrogens (tertiary/aromatic N) is 4. The van der Waals surface area contributed by atoms with E-state index in [1.807, 2.05) is 13.8 Å². The molecule has 0 aliphatic carbocycles. The average molecular weight is 306 g/mol. The lowest BCUT2D eigenvalue weighted by molar-refractivity contribution is 0.600. The summed E-state index contributed by atoms with van der Waals surface area (Å²) in [6, 6.07) is 7.89. The van der Waals surface area contributed by atoms with E-state index in [9.17, 15) is 4.39 Å². The van der Waals surface area contributed by atoms with Gasteiger partial charge in [0, 0.05) is 10.6 Å². The molecule has 0 saturated heterocycles. The van der Waals surface area contributed by atoms with Gasteiger partial charge in [-0.25, -0.2) is 4.39 Å². The molecule has 5 nitrogen and oxygen atoms in total. The summed E-state index contributed by atoms with van der Waals surface area (Å²) in [6.07, 6.45) is 0. The number of rotatable bonds is 3. The Balaban J connectivity index is 1.92. The zero-order valence-electron chi connectivity index (χ0n) is 11.5. The minimum absolute atomic E-state index is 0.319. The van der Waals surface area contributed by atoms with E-state index in [1.165, 1.54) is 6.07 Å². The largest absolute Gasteiger partial charge is 0.362 e. The molecule has 0 aliphatic heterocycles. The Kier molecular flexibility index (Phi) is 3.47. The second kappa shape index (κ2) is 5.29. The number of aryl methyl sites for hydroxylation is 1. The van der Waals surface area contributed by atoms with E-state index >= 15 is 0 Å². The number of hydrogen-bond donors (Lipinski definition) is 1. The van der Waals surface area contributed by atoms with E-state index in [0.29, 0.717) is 27.9 Å². The Morgan fingerprint density at radius 1 is 1.24 bits per heavy atom. The third-order valence-corrected chi connectivity index (χ3v) is 3.55. The SMILES string of the molecule is Cc1nnc2ccc(N[C@@H](C)c3c(F)cccc3Cl)nn12. The standard InChI is InChI=1S/C14H13ClFN5/c1-8(14-10(15)4-3-5-11(14)16)17-12-6-7-13-19-18-9(2)21(13)20-12/h3-8H,1-2H3,(H,17,20)/t8-/m0/s1. The van der Waals surface area contributed by atoms with Crippen LogP contribution >= 0.6 is 11.6 Å². The Hall–Kier alpha value is -2.21. The molecule has 21 heavy (non-hydrogen) atoms. The van der Waals surface area contributed by atoms with Gasteiger partial charge in [0.05, 0.1) is 6.04 Å². The van der Waals surface area contributed by atoms with E-state index in [1.54, 1.807) is 28.8 Å². The molecule has 0 bridgehead atoms. The molecule has 0 spiro atoms. The summed E-state index contributed by atoms with van der Waals surface area (Å²) in [6.45, 7) is 3.64. The molecule has 0 amide bonds. The Bertz CT molecular complexity index is 781. The minimum Gasteiger partial charge on any atom is -0.362 e. The van der Waals surface area contributed by atoms with Crippen molar-refractivity contribution in [2.75, 3.05) is 5.32 Å². The first-order valence-corrected chi connectivity index (χ1v) is 6.83. The molecule has 0 radical (unpaired) electrons. The van der Waals surface area contributed by atoms with E-state index in [-0.39, 0.29) is 11.9 Å². The maximum atomic E-state index is 13.9. The zero-order chi connectivity index (χ0) is 15.0. The summed E-state index contributed by atoms with van der Waals surface area (Å²) in [5, 5.41) is 15.8. The second-order valence-corrected chi connectivity index (χ2v) is 5.14. The summed E-state index contributed by atoms with van der Waals surface area (Å²) in [5.74, 6) is 0.937. The molecule has 0 fully saturated rings. The summed E-state index contributed by atoms with van der Waals surface area (Å²) < 4.78 is 15.5. The molecule has 2 heterocycles. The predicted molar refractivity (Wildman–Crippen MR) is 79.0 cm³/mol. The summed E-state index contributed by atoms with van der Waals surface area (Å²) in [7, 11) is 0. The van der Waals surface area contributed by atoms with Gasteiger partial charge in [-0.2, -0.15) is 4.52 Å². The minimum atomic E-state index is -0.343. The van der Waals surface area contributed by atoms with Crippen LogP contribution < -0.4 is 5.32 Å². The molecule has 108 valence electrons. The monoisotopic (exact) mass is 305 g/mol. The summed E-state index contributed by atoms with van der Waals surface area (Å²) in [5.41, 5.74) is 1.08. The van der Waals surface area contributed by atoms with Crippen LogP contribution in [0, 0.1) is 12.7 Å². The topological polar surface area (TPSA) is 55.1 Å². The fraction of sp³-hybridized carbons (Fsp3) is 0.214. The van der Waals surface area contributed by atoms with Crippen LogP contribution in [-0.2, 0) is 0 Å². The molecule has 3 aromatic rings. The van der Waals surface area contributed by atoms with Crippen molar-refractivity contribution in [2.24, 2.45) is 0 Å². The lowest BCUT2D eigenvalue weighted by atomic mass is 10.1. The third kappa shape index (κ3) is 2.54. The van der Waals surface area contributed by atoms with Gasteiger partial charge in [0.1, 0.15) is 11.6 Å². The quantitative estimate of drug-likeness (QED) is 0.806. The highest BCUT2D eigenvalue weighted by Crippen LogP contribution is 2.27. The predicted octanol–water partition coefficient (Wildman–Crippen LogP) is 3.40. The van der Waals surface area contributed by atoms with Gasteiger partial charge in [-0.15, -0.1) is 15.3 Å². The average Bonchev–Trinajstić information content (AvgIpc) is 2.80. The first-order valence-electron chi connectivity index (χ1n) is 6.46. The van der Waals surface area contributed by atoms with Crippen molar-refractivity contribution in [1.29, 1.82) is 0 Å². The molecular weight excluding hydrogens is 293 g/mol. The Morgan fingerprint density at radius 2 is 2.05 bits per heavy atom. The number of hydrogen-bond acceptors (Lipinski definition) is 4. The van der Waals surface area contributed by atoms with Crippen LogP contribution in [-0.4, -0.2) is 19.8 Å². The van der Waals surface area contributed by atoms with Gasteiger partial charge in [0.15, 0.2) is 11.5 Å². The first-order chi connectivity index (χ1) is 10.1. The van der Waals surface area contributed by atoms with Crippen molar-refractivity contribution in [1.82, 2.24) is 19.8 Å². The van der Waals surface area contributed by atoms with Gasteiger partial charge in [-0.1, -0.05) is 17.7 Å². The molecule has 3 rings (SSSR count). The molecule has 7 heteroatoms. The van der Waals surface area contributed by atoms with Crippen molar-refractivity contribution in [3.63, 3.8) is 0 Å². The molecule has 1 atom stereocenters. The lowest BCUT2D eigenvalue weighted by Gasteiger charge is -2.17. The number of aromatic nitrogens is 4. The normalized spacial score (nSPS) is 12.6. The van der Waals surface area contributed by atoms with Gasteiger partial charge < -0.3 is 5.32 Å². The van der Waals surface area contributed by atoms with Gasteiger partial charge >= 0.3 is 0 Å². The molecule has 1 N–H and O–H groups in total. The van der Waals surface area contributed by atoms with Crippen LogP contribution in [0.25, 0.3) is 5.65 Å². The maximum Gasteiger partial charge on any atom is 0.178 e. The number of anilines is 1. The Labute approximate surface area is 125 Å². The van der Waals surface area contributed by atoms with Crippen molar-refractivity contribution in [3.8, 4) is 0 Å². The van der Waals surface area contributed by atoms with Gasteiger partial charge in [0.2, 0.25) is 0 Å². The van der Waals surface area contributed by atoms with Gasteiger partial charge in [-0.3, -0.25) is 0 Å². The highest BCUT2D eigenvalue weighted by molar-refractivity contribution is 6.31. The van der Waals surface area contributed by atoms with E-state index in [4.69, 9.17) is 11.6 Å². The van der Waals surface area contributed by atoms with Crippen LogP contribution in [0.3, 0.4) is 0 Å². The third-order valence-electron chi connectivity index (χ3n) is 3.22. The van der Waals surface area contributed by atoms with Gasteiger partial charge in [-0.05, 0) is 38.1 Å². The Morgan fingerprint density at radius 3 is 2.81 bits per heavy atom. The number of benzene rings is 1. The molecule has 0 saturated carbocycles. The highest BCUT2D eigenvalue weighted by Gasteiger charge is 2.15. The molecule has 0 aliphatic rings. The molecular formula is C14H13ClFN5. The number of halogens is 2. The highest BCUT2D eigenvalue weighted by atomic mass is 35.5. The van der Waals surface area contributed by atoms with Crippen molar-refractivity contribution >= 4 is 23.1 Å². The van der Waals surface area contributed by atoms with Crippen LogP contribution in [0.2, 0.25) is 5.02 Å². The van der Waals surface area contributed by atoms with Gasteiger partial charge in [0.25, 0.3) is 0 Å². The first kappa shape index (κ1) is 13.8. The van der Waals surface area contributed by atoms with Crippen LogP contribution in [0.15, 0.2) is 30.3 Å². The fourth-order valence-electron chi connectivity index (χ4n) is 2.19. The maximum absolute atomic E-state index is 13.9. The van der Waals surface area contributed by atoms with Crippen molar-refractivity contribution in [3.05, 3.63) is 52.6 Å². The fourth-order valence-corrected chi connectivity index (χ4v) is 2.52. The smallest absolute Gasteiger partial charge is 0.178 e. The number of fused-ring (bicyclic) bond motifs is 1. The molecule has 1 aromatic carbocycles. The van der Waals surface area contributed by atoms with Crippen LogP contribution in [0.5, 0.6) is 0 Å². The lowest BCUT2D eigenvalue weighted by Crippen LogP contribution is -2.11. The van der Waals surface area contributed by atoms with Crippen molar-refractivity contribution < 1.29 is 4.39 Å². The summed E-state index contributed by atoms with van der Waals surface area (Å²) in [4.78, 5) is 0. The van der Waals surface area contributed by atoms with Crippen molar-refractivity contribution in [2.45, 2.75) is 19.9 Å². The summed E-state index contributed by atoms with van der Waals surface area (Å²) >= 11 is 6.07. The number of nitrogens with one attached hydrogen (secondary N) is 1. The van der Waals surface area contributed by atoms with E-state index in [0.717, 1.165) is 0 Å². The molecule has 2 aromatic heterocycles. The molecule has 0 unspecified atom stereocenters. The van der Waals surface area contributed by atoms with E-state index < -0.39 is 0 Å². The second-order valence-electron chi connectivity index (χ2n) is 4.74. The zero-order valence-corrected chi connectivity index (χ0v) is 12.3.